The van der Waals surface area contributed by atoms with Crippen molar-refractivity contribution in [1.29, 1.82) is 0 Å². The molecular weight excluding hydrogens is 449 g/mol. The van der Waals surface area contributed by atoms with E-state index in [1.165, 1.54) is 6.07 Å². The molecular formula is C23H28FN3O3S2. The van der Waals surface area contributed by atoms with E-state index < -0.39 is 10.0 Å². The molecule has 1 saturated heterocycles. The van der Waals surface area contributed by atoms with Crippen LogP contribution in [0.15, 0.2) is 52.3 Å². The maximum Gasteiger partial charge on any atom is 0.240 e. The van der Waals surface area contributed by atoms with Crippen LogP contribution in [-0.4, -0.2) is 44.6 Å². The summed E-state index contributed by atoms with van der Waals surface area (Å²) in [5.74, 6) is 0.477. The van der Waals surface area contributed by atoms with Crippen LogP contribution in [-0.2, 0) is 21.4 Å². The molecule has 2 aliphatic heterocycles. The van der Waals surface area contributed by atoms with Gasteiger partial charge in [0, 0.05) is 29.7 Å². The molecule has 6 nitrogen and oxygen atoms in total. The van der Waals surface area contributed by atoms with Crippen molar-refractivity contribution in [2.24, 2.45) is 11.8 Å². The number of benzene rings is 2. The molecule has 0 spiro atoms. The minimum absolute atomic E-state index is 0.0937. The van der Waals surface area contributed by atoms with Crippen LogP contribution in [0.25, 0.3) is 0 Å². The second-order valence-electron chi connectivity index (χ2n) is 8.56. The van der Waals surface area contributed by atoms with E-state index in [1.54, 1.807) is 42.1 Å². The van der Waals surface area contributed by atoms with Gasteiger partial charge in [-0.2, -0.15) is 0 Å². The van der Waals surface area contributed by atoms with E-state index >= 15 is 0 Å². The lowest BCUT2D eigenvalue weighted by molar-refractivity contribution is -0.118. The average molecular weight is 478 g/mol. The Labute approximate surface area is 193 Å². The number of rotatable bonds is 6. The minimum atomic E-state index is -3.67. The molecule has 2 N–H and O–H groups in total. The second-order valence-corrected chi connectivity index (χ2v) is 11.4. The zero-order valence-electron chi connectivity index (χ0n) is 18.0. The fourth-order valence-corrected chi connectivity index (χ4v) is 6.15. The first-order chi connectivity index (χ1) is 15.3. The topological polar surface area (TPSA) is 78.5 Å². The van der Waals surface area contributed by atoms with Crippen molar-refractivity contribution in [2.45, 2.75) is 36.1 Å². The van der Waals surface area contributed by atoms with Crippen molar-refractivity contribution in [2.75, 3.05) is 30.7 Å². The van der Waals surface area contributed by atoms with Crippen LogP contribution in [0.5, 0.6) is 0 Å². The van der Waals surface area contributed by atoms with Gasteiger partial charge in [0.15, 0.2) is 0 Å². The first kappa shape index (κ1) is 23.2. The van der Waals surface area contributed by atoms with Gasteiger partial charge in [0.05, 0.1) is 10.6 Å². The van der Waals surface area contributed by atoms with E-state index in [2.05, 4.69) is 14.9 Å². The van der Waals surface area contributed by atoms with Gasteiger partial charge in [0.1, 0.15) is 5.82 Å². The number of amides is 1. The number of hydrogen-bond acceptors (Lipinski definition) is 5. The Balaban J connectivity index is 1.31. The van der Waals surface area contributed by atoms with Crippen LogP contribution in [0.3, 0.4) is 0 Å². The van der Waals surface area contributed by atoms with Gasteiger partial charge in [-0.15, -0.1) is 11.8 Å². The van der Waals surface area contributed by atoms with Gasteiger partial charge >= 0.3 is 0 Å². The molecule has 1 unspecified atom stereocenters. The maximum absolute atomic E-state index is 13.4. The quantitative estimate of drug-likeness (QED) is 0.663. The van der Waals surface area contributed by atoms with E-state index in [0.29, 0.717) is 24.5 Å². The van der Waals surface area contributed by atoms with Crippen molar-refractivity contribution in [1.82, 2.24) is 9.62 Å². The lowest BCUT2D eigenvalue weighted by Gasteiger charge is -2.32. The van der Waals surface area contributed by atoms with E-state index in [9.17, 15) is 17.6 Å². The monoisotopic (exact) mass is 477 g/mol. The van der Waals surface area contributed by atoms with Crippen LogP contribution < -0.4 is 10.0 Å². The SMILES string of the molecule is CC1CSc2ccc(S(=O)(=O)NCC3CCN(Cc4cccc(F)c4)CC3)cc2NC1=O. The van der Waals surface area contributed by atoms with E-state index in [1.807, 2.05) is 13.0 Å². The van der Waals surface area contributed by atoms with Crippen LogP contribution in [0, 0.1) is 17.7 Å². The lowest BCUT2D eigenvalue weighted by atomic mass is 9.97. The maximum atomic E-state index is 13.4. The molecule has 2 aromatic rings. The molecule has 1 amide bonds. The number of nitrogens with one attached hydrogen (secondary N) is 2. The molecule has 0 aliphatic carbocycles. The Hall–Kier alpha value is -1.94. The molecule has 2 heterocycles. The van der Waals surface area contributed by atoms with Crippen molar-refractivity contribution < 1.29 is 17.6 Å². The zero-order chi connectivity index (χ0) is 22.7. The van der Waals surface area contributed by atoms with Crippen LogP contribution in [0.4, 0.5) is 10.1 Å². The van der Waals surface area contributed by atoms with Crippen molar-refractivity contribution in [3.63, 3.8) is 0 Å². The highest BCUT2D eigenvalue weighted by molar-refractivity contribution is 7.99. The number of piperidine rings is 1. The number of nitrogens with zero attached hydrogens (tertiary/aromatic N) is 1. The van der Waals surface area contributed by atoms with Crippen molar-refractivity contribution >= 4 is 33.4 Å². The average Bonchev–Trinajstić information content (AvgIpc) is 2.91. The summed E-state index contributed by atoms with van der Waals surface area (Å²) in [6, 6.07) is 11.5. The summed E-state index contributed by atoms with van der Waals surface area (Å²) in [6.07, 6.45) is 1.76. The molecule has 4 rings (SSSR count). The molecule has 0 bridgehead atoms. The van der Waals surface area contributed by atoms with Crippen LogP contribution in [0.1, 0.15) is 25.3 Å². The Morgan fingerprint density at radius 3 is 2.72 bits per heavy atom. The Morgan fingerprint density at radius 1 is 1.19 bits per heavy atom. The summed E-state index contributed by atoms with van der Waals surface area (Å²) in [5, 5.41) is 2.84. The van der Waals surface area contributed by atoms with Gasteiger partial charge in [0.25, 0.3) is 0 Å². The van der Waals surface area contributed by atoms with Crippen LogP contribution >= 0.6 is 11.8 Å². The number of sulfonamides is 1. The molecule has 32 heavy (non-hydrogen) atoms. The number of fused-ring (bicyclic) bond motifs is 1. The summed E-state index contributed by atoms with van der Waals surface area (Å²) < 4.78 is 41.8. The van der Waals surface area contributed by atoms with Gasteiger partial charge in [0.2, 0.25) is 15.9 Å². The molecule has 2 aromatic carbocycles. The first-order valence-corrected chi connectivity index (χ1v) is 13.3. The number of carbonyl (C=O) groups is 1. The van der Waals surface area contributed by atoms with E-state index in [-0.39, 0.29) is 28.5 Å². The summed E-state index contributed by atoms with van der Waals surface area (Å²) >= 11 is 1.55. The number of halogens is 1. The third kappa shape index (κ3) is 5.70. The van der Waals surface area contributed by atoms with Gasteiger partial charge in [-0.3, -0.25) is 9.69 Å². The third-order valence-electron chi connectivity index (χ3n) is 6.02. The van der Waals surface area contributed by atoms with Gasteiger partial charge < -0.3 is 5.32 Å². The van der Waals surface area contributed by atoms with Crippen molar-refractivity contribution in [3.05, 3.63) is 53.8 Å². The summed E-state index contributed by atoms with van der Waals surface area (Å²) in [5.41, 5.74) is 1.50. The fraction of sp³-hybridized carbons (Fsp3) is 0.435. The predicted octanol–water partition coefficient (Wildman–Crippen LogP) is 3.70. The Kier molecular flexibility index (Phi) is 7.19. The normalized spacial score (nSPS) is 20.4. The van der Waals surface area contributed by atoms with E-state index in [0.717, 1.165) is 36.4 Å². The largest absolute Gasteiger partial charge is 0.325 e. The predicted molar refractivity (Wildman–Crippen MR) is 125 cm³/mol. The summed E-state index contributed by atoms with van der Waals surface area (Å²) in [6.45, 7) is 4.64. The third-order valence-corrected chi connectivity index (χ3v) is 8.77. The molecule has 2 aliphatic rings. The highest BCUT2D eigenvalue weighted by Gasteiger charge is 2.25. The molecule has 1 fully saturated rings. The molecule has 0 radical (unpaired) electrons. The molecule has 0 aromatic heterocycles. The highest BCUT2D eigenvalue weighted by atomic mass is 32.2. The second kappa shape index (κ2) is 9.91. The molecule has 9 heteroatoms. The molecule has 172 valence electrons. The van der Waals surface area contributed by atoms with Crippen molar-refractivity contribution in [3.8, 4) is 0 Å². The van der Waals surface area contributed by atoms with Crippen LogP contribution in [0.2, 0.25) is 0 Å². The first-order valence-electron chi connectivity index (χ1n) is 10.8. The molecule has 0 saturated carbocycles. The summed E-state index contributed by atoms with van der Waals surface area (Å²) in [4.78, 5) is 15.4. The smallest absolute Gasteiger partial charge is 0.240 e. The number of anilines is 1. The zero-order valence-corrected chi connectivity index (χ0v) is 19.6. The number of thioether (sulfide) groups is 1. The number of carbonyl (C=O) groups excluding carboxylic acids is 1. The van der Waals surface area contributed by atoms with Gasteiger partial charge in [-0.05, 0) is 67.7 Å². The number of hydrogen-bond donors (Lipinski definition) is 2. The fourth-order valence-electron chi connectivity index (χ4n) is 4.00. The standard InChI is InChI=1S/C23H28FN3O3S2/c1-16-15-31-22-6-5-20(12-21(22)26-23(16)28)32(29,30)25-13-17-7-9-27(10-8-17)14-18-3-2-4-19(24)11-18/h2-6,11-12,16-17,25H,7-10,13-15H2,1H3,(H,26,28). The number of likely N-dealkylation sites (tertiary alicyclic amines) is 1. The highest BCUT2D eigenvalue weighted by Crippen LogP contribution is 2.34. The Bertz CT molecular complexity index is 1090. The molecule has 1 atom stereocenters. The van der Waals surface area contributed by atoms with E-state index in [4.69, 9.17) is 0 Å². The van der Waals surface area contributed by atoms with Gasteiger partial charge in [-0.1, -0.05) is 19.1 Å². The van der Waals surface area contributed by atoms with Gasteiger partial charge in [-0.25, -0.2) is 17.5 Å². The minimum Gasteiger partial charge on any atom is -0.325 e. The Morgan fingerprint density at radius 2 is 1.97 bits per heavy atom. The summed E-state index contributed by atoms with van der Waals surface area (Å²) in [7, 11) is -3.67. The lowest BCUT2D eigenvalue weighted by Crippen LogP contribution is -2.38.